The number of imidazole rings is 1. The van der Waals surface area contributed by atoms with E-state index in [9.17, 15) is 9.59 Å². The number of hydrogen-bond acceptors (Lipinski definition) is 7. The molecule has 184 valence electrons. The molecule has 0 spiro atoms. The molecule has 2 N–H and O–H groups in total. The van der Waals surface area contributed by atoms with Gasteiger partial charge in [-0.05, 0) is 58.0 Å². The zero-order valence-corrected chi connectivity index (χ0v) is 20.8. The molecule has 0 aliphatic carbocycles. The first-order chi connectivity index (χ1) is 16.6. The number of aromatic nitrogens is 4. The van der Waals surface area contributed by atoms with Gasteiger partial charge in [-0.1, -0.05) is 11.6 Å². The topological polar surface area (TPSA) is 114 Å². The van der Waals surface area contributed by atoms with Crippen LogP contribution >= 0.6 is 11.6 Å². The van der Waals surface area contributed by atoms with Gasteiger partial charge in [0.05, 0.1) is 24.1 Å². The number of amides is 2. The second-order valence-electron chi connectivity index (χ2n) is 9.34. The Morgan fingerprint density at radius 3 is 2.66 bits per heavy atom. The lowest BCUT2D eigenvalue weighted by atomic mass is 10.2. The van der Waals surface area contributed by atoms with E-state index >= 15 is 0 Å². The lowest BCUT2D eigenvalue weighted by molar-refractivity contribution is -0.117. The normalized spacial score (nSPS) is 16.8. The van der Waals surface area contributed by atoms with Crippen LogP contribution in [0.3, 0.4) is 0 Å². The summed E-state index contributed by atoms with van der Waals surface area (Å²) in [5, 5.41) is 6.66. The van der Waals surface area contributed by atoms with Crippen molar-refractivity contribution in [2.75, 3.05) is 16.8 Å². The van der Waals surface area contributed by atoms with Crippen molar-refractivity contribution in [2.24, 2.45) is 0 Å². The van der Waals surface area contributed by atoms with Crippen LogP contribution in [-0.2, 0) is 9.53 Å². The largest absolute Gasteiger partial charge is 0.444 e. The molecule has 1 fully saturated rings. The maximum absolute atomic E-state index is 12.6. The summed E-state index contributed by atoms with van der Waals surface area (Å²) in [6.07, 6.45) is 4.86. The fourth-order valence-corrected chi connectivity index (χ4v) is 3.78. The molecule has 3 heterocycles. The first-order valence-corrected chi connectivity index (χ1v) is 11.6. The number of anilines is 2. The molecule has 2 atom stereocenters. The van der Waals surface area contributed by atoms with Crippen molar-refractivity contribution in [3.63, 3.8) is 0 Å². The molecular formula is C24H28ClN7O3. The number of ether oxygens (including phenoxy) is 1. The zero-order valence-electron chi connectivity index (χ0n) is 20.0. The molecule has 0 saturated carbocycles. The van der Waals surface area contributed by atoms with Crippen molar-refractivity contribution in [3.8, 4) is 5.69 Å². The summed E-state index contributed by atoms with van der Waals surface area (Å²) >= 11 is 5.97. The molecule has 2 amide bonds. The van der Waals surface area contributed by atoms with E-state index in [-0.39, 0.29) is 24.4 Å². The van der Waals surface area contributed by atoms with Crippen LogP contribution in [0.2, 0.25) is 5.02 Å². The van der Waals surface area contributed by atoms with Gasteiger partial charge in [0.2, 0.25) is 11.9 Å². The fraction of sp³-hybridized carbons (Fsp3) is 0.375. The van der Waals surface area contributed by atoms with E-state index in [1.807, 2.05) is 42.0 Å². The van der Waals surface area contributed by atoms with Gasteiger partial charge in [0.25, 0.3) is 0 Å². The van der Waals surface area contributed by atoms with Gasteiger partial charge < -0.3 is 19.9 Å². The molecule has 0 bridgehead atoms. The summed E-state index contributed by atoms with van der Waals surface area (Å²) in [6.45, 7) is 7.62. The number of nitrogens with one attached hydrogen (secondary N) is 2. The van der Waals surface area contributed by atoms with E-state index < -0.39 is 11.7 Å². The van der Waals surface area contributed by atoms with Gasteiger partial charge in [0.1, 0.15) is 11.4 Å². The van der Waals surface area contributed by atoms with E-state index in [0.717, 1.165) is 11.4 Å². The molecule has 4 rings (SSSR count). The Morgan fingerprint density at radius 1 is 1.20 bits per heavy atom. The van der Waals surface area contributed by atoms with Gasteiger partial charge in [-0.25, -0.2) is 14.8 Å². The molecule has 3 aromatic rings. The smallest absolute Gasteiger partial charge is 0.407 e. The third-order valence-corrected chi connectivity index (χ3v) is 5.53. The second-order valence-corrected chi connectivity index (χ2v) is 9.77. The monoisotopic (exact) mass is 497 g/mol. The fourth-order valence-electron chi connectivity index (χ4n) is 3.65. The van der Waals surface area contributed by atoms with Crippen LogP contribution in [0.25, 0.3) is 5.69 Å². The minimum Gasteiger partial charge on any atom is -0.444 e. The summed E-state index contributed by atoms with van der Waals surface area (Å²) in [5.41, 5.74) is 1.13. The van der Waals surface area contributed by atoms with E-state index in [0.29, 0.717) is 23.3 Å². The highest BCUT2D eigenvalue weighted by Gasteiger charge is 2.33. The first-order valence-electron chi connectivity index (χ1n) is 11.3. The predicted octanol–water partition coefficient (Wildman–Crippen LogP) is 4.12. The van der Waals surface area contributed by atoms with E-state index in [2.05, 4.69) is 25.6 Å². The Hall–Kier alpha value is -3.66. The number of nitrogens with zero attached hydrogens (tertiary/aromatic N) is 5. The number of carbonyl (C=O) groups excluding carboxylic acids is 2. The van der Waals surface area contributed by atoms with Crippen LogP contribution in [0.4, 0.5) is 16.6 Å². The van der Waals surface area contributed by atoms with Crippen molar-refractivity contribution in [1.29, 1.82) is 0 Å². The standard InChI is InChI=1S/C24H28ClN7O3/c1-15(19-13-31(14-27-19)18-7-5-16(25)6-8-18)28-22-26-10-9-20(30-22)32-12-17(11-21(32)33)29-23(34)35-24(2,3)4/h5-10,13-15,17H,11-12H2,1-4H3,(H,29,34)(H,26,28,30)/t15-,17-/m0/s1. The zero-order chi connectivity index (χ0) is 25.2. The molecule has 2 aromatic heterocycles. The van der Waals surface area contributed by atoms with E-state index in [1.165, 1.54) is 4.90 Å². The van der Waals surface area contributed by atoms with Crippen LogP contribution in [-0.4, -0.2) is 49.7 Å². The molecule has 1 aliphatic rings. The number of hydrogen-bond donors (Lipinski definition) is 2. The number of benzene rings is 1. The van der Waals surface area contributed by atoms with Gasteiger partial charge >= 0.3 is 6.09 Å². The van der Waals surface area contributed by atoms with Gasteiger partial charge in [0.15, 0.2) is 0 Å². The quantitative estimate of drug-likeness (QED) is 0.526. The second kappa shape index (κ2) is 9.91. The van der Waals surface area contributed by atoms with Crippen molar-refractivity contribution >= 4 is 35.4 Å². The molecule has 1 aromatic carbocycles. The highest BCUT2D eigenvalue weighted by atomic mass is 35.5. The molecular weight excluding hydrogens is 470 g/mol. The molecule has 10 nitrogen and oxygen atoms in total. The average Bonchev–Trinajstić information content (AvgIpc) is 3.40. The third kappa shape index (κ3) is 6.27. The van der Waals surface area contributed by atoms with Crippen molar-refractivity contribution in [3.05, 3.63) is 59.8 Å². The van der Waals surface area contributed by atoms with Crippen LogP contribution in [0.15, 0.2) is 49.1 Å². The molecule has 35 heavy (non-hydrogen) atoms. The minimum absolute atomic E-state index is 0.134. The van der Waals surface area contributed by atoms with Gasteiger partial charge in [0, 0.05) is 36.1 Å². The van der Waals surface area contributed by atoms with Crippen LogP contribution in [0.5, 0.6) is 0 Å². The molecule has 1 aliphatic heterocycles. The molecule has 0 radical (unpaired) electrons. The summed E-state index contributed by atoms with van der Waals surface area (Å²) in [7, 11) is 0. The summed E-state index contributed by atoms with van der Waals surface area (Å²) < 4.78 is 7.19. The Morgan fingerprint density at radius 2 is 1.94 bits per heavy atom. The van der Waals surface area contributed by atoms with Crippen LogP contribution < -0.4 is 15.5 Å². The molecule has 11 heteroatoms. The van der Waals surface area contributed by atoms with Gasteiger partial charge in [-0.2, -0.15) is 4.98 Å². The Balaban J connectivity index is 1.40. The average molecular weight is 498 g/mol. The highest BCUT2D eigenvalue weighted by Crippen LogP contribution is 2.23. The van der Waals surface area contributed by atoms with Crippen LogP contribution in [0.1, 0.15) is 45.9 Å². The Bertz CT molecular complexity index is 1210. The summed E-state index contributed by atoms with van der Waals surface area (Å²) in [4.78, 5) is 39.5. The summed E-state index contributed by atoms with van der Waals surface area (Å²) in [5.74, 6) is 0.692. The highest BCUT2D eigenvalue weighted by molar-refractivity contribution is 6.30. The first kappa shape index (κ1) is 24.5. The van der Waals surface area contributed by atoms with Crippen molar-refractivity contribution in [1.82, 2.24) is 24.8 Å². The summed E-state index contributed by atoms with van der Waals surface area (Å²) in [6, 6.07) is 8.59. The number of alkyl carbamates (subject to hydrolysis) is 1. The Kier molecular flexibility index (Phi) is 6.93. The SMILES string of the molecule is C[C@H](Nc1nccc(N2C[C@@H](NC(=O)OC(C)(C)C)CC2=O)n1)c1cn(-c2ccc(Cl)cc2)cn1. The Labute approximate surface area is 208 Å². The maximum atomic E-state index is 12.6. The van der Waals surface area contributed by atoms with Crippen molar-refractivity contribution < 1.29 is 14.3 Å². The third-order valence-electron chi connectivity index (χ3n) is 5.28. The van der Waals surface area contributed by atoms with E-state index in [4.69, 9.17) is 16.3 Å². The number of halogens is 1. The van der Waals surface area contributed by atoms with E-state index in [1.54, 1.807) is 39.4 Å². The number of carbonyl (C=O) groups is 2. The molecule has 1 saturated heterocycles. The number of rotatable bonds is 6. The lowest BCUT2D eigenvalue weighted by Crippen LogP contribution is -2.40. The minimum atomic E-state index is -0.610. The lowest BCUT2D eigenvalue weighted by Gasteiger charge is -2.22. The predicted molar refractivity (Wildman–Crippen MR) is 133 cm³/mol. The van der Waals surface area contributed by atoms with Gasteiger partial charge in [-0.3, -0.25) is 9.69 Å². The maximum Gasteiger partial charge on any atom is 0.407 e. The van der Waals surface area contributed by atoms with Crippen LogP contribution in [0, 0.1) is 0 Å². The van der Waals surface area contributed by atoms with Crippen molar-refractivity contribution in [2.45, 2.75) is 51.8 Å². The molecule has 0 unspecified atom stereocenters. The van der Waals surface area contributed by atoms with Gasteiger partial charge in [-0.15, -0.1) is 0 Å².